The number of likely N-dealkylation sites (tertiary alicyclic amines) is 1. The fourth-order valence-corrected chi connectivity index (χ4v) is 3.61. The summed E-state index contributed by atoms with van der Waals surface area (Å²) in [7, 11) is 3.65. The summed E-state index contributed by atoms with van der Waals surface area (Å²) < 4.78 is 7.28. The van der Waals surface area contributed by atoms with Crippen LogP contribution in [0.1, 0.15) is 36.1 Å². The zero-order chi connectivity index (χ0) is 21.3. The Kier molecular flexibility index (Phi) is 10.3. The predicted octanol–water partition coefficient (Wildman–Crippen LogP) is 2.81. The van der Waals surface area contributed by atoms with Gasteiger partial charge in [-0.1, -0.05) is 18.2 Å². The van der Waals surface area contributed by atoms with Crippen molar-refractivity contribution in [2.24, 2.45) is 12.0 Å². The SMILES string of the molecule is C=CCNC(=NCc1nnc(C)n1C)NCC(c1ccc(OC)cc1)N1CCCC1.I. The van der Waals surface area contributed by atoms with E-state index in [4.69, 9.17) is 9.73 Å². The molecule has 0 saturated carbocycles. The average Bonchev–Trinajstić information content (AvgIpc) is 3.41. The minimum atomic E-state index is 0. The number of aliphatic imine (C=N–C) groups is 1. The topological polar surface area (TPSA) is 79.6 Å². The van der Waals surface area contributed by atoms with Crippen molar-refractivity contribution >= 4 is 29.9 Å². The number of nitrogens with zero attached hydrogens (tertiary/aromatic N) is 5. The highest BCUT2D eigenvalue weighted by Crippen LogP contribution is 2.26. The van der Waals surface area contributed by atoms with Gasteiger partial charge in [-0.3, -0.25) is 4.90 Å². The molecule has 31 heavy (non-hydrogen) atoms. The van der Waals surface area contributed by atoms with Gasteiger partial charge in [-0.05, 0) is 50.6 Å². The van der Waals surface area contributed by atoms with Gasteiger partial charge in [0.15, 0.2) is 11.8 Å². The molecule has 1 aromatic heterocycles. The van der Waals surface area contributed by atoms with Crippen LogP contribution in [0.3, 0.4) is 0 Å². The maximum atomic E-state index is 5.32. The Morgan fingerprint density at radius 1 is 1.23 bits per heavy atom. The standard InChI is InChI=1S/C22H33N7O.HI/c1-5-12-23-22(25-16-21-27-26-17(2)28(21)3)24-15-20(29-13-6-7-14-29)18-8-10-19(30-4)11-9-18;/h5,8-11,20H,1,6-7,12-16H2,2-4H3,(H2,23,24,25);1H. The van der Waals surface area contributed by atoms with Crippen molar-refractivity contribution in [3.8, 4) is 5.75 Å². The van der Waals surface area contributed by atoms with Crippen molar-refractivity contribution < 1.29 is 4.74 Å². The lowest BCUT2D eigenvalue weighted by Gasteiger charge is -2.29. The first kappa shape index (κ1) is 25.1. The van der Waals surface area contributed by atoms with E-state index in [1.165, 1.54) is 18.4 Å². The third-order valence-corrected chi connectivity index (χ3v) is 5.52. The van der Waals surface area contributed by atoms with E-state index < -0.39 is 0 Å². The van der Waals surface area contributed by atoms with E-state index in [0.717, 1.165) is 43.0 Å². The highest BCUT2D eigenvalue weighted by Gasteiger charge is 2.23. The Morgan fingerprint density at radius 3 is 2.52 bits per heavy atom. The number of guanidine groups is 1. The van der Waals surface area contributed by atoms with Gasteiger partial charge in [0.2, 0.25) is 0 Å². The van der Waals surface area contributed by atoms with Gasteiger partial charge in [0.25, 0.3) is 0 Å². The molecule has 0 amide bonds. The molecule has 3 rings (SSSR count). The zero-order valence-electron chi connectivity index (χ0n) is 18.7. The lowest BCUT2D eigenvalue weighted by atomic mass is 10.1. The van der Waals surface area contributed by atoms with Gasteiger partial charge in [0.05, 0.1) is 13.2 Å². The molecule has 8 nitrogen and oxygen atoms in total. The average molecular weight is 539 g/mol. The summed E-state index contributed by atoms with van der Waals surface area (Å²) in [5.41, 5.74) is 1.28. The third-order valence-electron chi connectivity index (χ3n) is 5.52. The number of hydrogen-bond acceptors (Lipinski definition) is 5. The summed E-state index contributed by atoms with van der Waals surface area (Å²) in [6, 6.07) is 8.63. The molecular formula is C22H34IN7O. The van der Waals surface area contributed by atoms with E-state index in [1.54, 1.807) is 7.11 Å². The smallest absolute Gasteiger partial charge is 0.192 e. The minimum absolute atomic E-state index is 0. The summed E-state index contributed by atoms with van der Waals surface area (Å²) in [4.78, 5) is 7.24. The summed E-state index contributed by atoms with van der Waals surface area (Å²) in [5.74, 6) is 3.33. The Labute approximate surface area is 202 Å². The van der Waals surface area contributed by atoms with Crippen molar-refractivity contribution in [2.45, 2.75) is 32.4 Å². The van der Waals surface area contributed by atoms with Crippen LogP contribution in [0.5, 0.6) is 5.75 Å². The number of halogens is 1. The largest absolute Gasteiger partial charge is 0.497 e. The highest BCUT2D eigenvalue weighted by molar-refractivity contribution is 14.0. The van der Waals surface area contributed by atoms with Gasteiger partial charge < -0.3 is 19.9 Å². The molecule has 1 atom stereocenters. The zero-order valence-corrected chi connectivity index (χ0v) is 21.0. The van der Waals surface area contributed by atoms with Crippen LogP contribution in [0.15, 0.2) is 41.9 Å². The molecule has 2 heterocycles. The molecule has 2 aromatic rings. The van der Waals surface area contributed by atoms with Crippen LogP contribution in [-0.4, -0.2) is 58.9 Å². The van der Waals surface area contributed by atoms with Crippen LogP contribution in [0.25, 0.3) is 0 Å². The van der Waals surface area contributed by atoms with E-state index in [2.05, 4.69) is 44.4 Å². The number of benzene rings is 1. The Hall–Kier alpha value is -2.14. The number of aryl methyl sites for hydroxylation is 1. The molecule has 0 spiro atoms. The molecule has 1 aliphatic rings. The van der Waals surface area contributed by atoms with E-state index >= 15 is 0 Å². The number of hydrogen-bond donors (Lipinski definition) is 2. The Bertz CT molecular complexity index is 844. The minimum Gasteiger partial charge on any atom is -0.497 e. The number of rotatable bonds is 9. The monoisotopic (exact) mass is 539 g/mol. The van der Waals surface area contributed by atoms with Crippen LogP contribution in [0, 0.1) is 6.92 Å². The lowest BCUT2D eigenvalue weighted by molar-refractivity contribution is 0.245. The molecule has 1 saturated heterocycles. The van der Waals surface area contributed by atoms with Crippen LogP contribution in [0.2, 0.25) is 0 Å². The van der Waals surface area contributed by atoms with E-state index in [-0.39, 0.29) is 30.0 Å². The van der Waals surface area contributed by atoms with Gasteiger partial charge in [-0.2, -0.15) is 0 Å². The van der Waals surface area contributed by atoms with Gasteiger partial charge in [0, 0.05) is 20.1 Å². The van der Waals surface area contributed by atoms with Gasteiger partial charge in [-0.25, -0.2) is 4.99 Å². The van der Waals surface area contributed by atoms with Crippen LogP contribution in [0.4, 0.5) is 0 Å². The molecule has 1 aliphatic heterocycles. The number of nitrogens with one attached hydrogen (secondary N) is 2. The van der Waals surface area contributed by atoms with Gasteiger partial charge in [-0.15, -0.1) is 40.8 Å². The molecule has 0 aliphatic carbocycles. The molecule has 0 radical (unpaired) electrons. The normalized spacial score (nSPS) is 15.3. The van der Waals surface area contributed by atoms with Crippen molar-refractivity contribution in [1.82, 2.24) is 30.3 Å². The van der Waals surface area contributed by atoms with Crippen LogP contribution in [-0.2, 0) is 13.6 Å². The number of ether oxygens (including phenoxy) is 1. The summed E-state index contributed by atoms with van der Waals surface area (Å²) in [5, 5.41) is 15.1. The second-order valence-corrected chi connectivity index (χ2v) is 7.47. The molecule has 1 aromatic carbocycles. The first-order valence-corrected chi connectivity index (χ1v) is 10.5. The van der Waals surface area contributed by atoms with E-state index in [1.807, 2.05) is 36.7 Å². The molecule has 9 heteroatoms. The number of methoxy groups -OCH3 is 1. The Morgan fingerprint density at radius 2 is 1.94 bits per heavy atom. The number of aromatic nitrogens is 3. The molecule has 170 valence electrons. The quantitative estimate of drug-likeness (QED) is 0.221. The fraction of sp³-hybridized carbons (Fsp3) is 0.500. The highest BCUT2D eigenvalue weighted by atomic mass is 127. The summed E-state index contributed by atoms with van der Waals surface area (Å²) in [6.45, 7) is 9.82. The van der Waals surface area contributed by atoms with E-state index in [0.29, 0.717) is 13.1 Å². The van der Waals surface area contributed by atoms with Crippen molar-refractivity contribution in [2.75, 3.05) is 33.3 Å². The van der Waals surface area contributed by atoms with Crippen molar-refractivity contribution in [1.29, 1.82) is 0 Å². The maximum Gasteiger partial charge on any atom is 0.192 e. The first-order valence-electron chi connectivity index (χ1n) is 10.5. The molecule has 1 fully saturated rings. The van der Waals surface area contributed by atoms with Gasteiger partial charge in [0.1, 0.15) is 18.1 Å². The second-order valence-electron chi connectivity index (χ2n) is 7.47. The Balaban J connectivity index is 0.00000341. The van der Waals surface area contributed by atoms with Crippen LogP contribution < -0.4 is 15.4 Å². The summed E-state index contributed by atoms with van der Waals surface area (Å²) in [6.07, 6.45) is 4.31. The fourth-order valence-electron chi connectivity index (χ4n) is 3.61. The van der Waals surface area contributed by atoms with E-state index in [9.17, 15) is 0 Å². The van der Waals surface area contributed by atoms with Gasteiger partial charge >= 0.3 is 0 Å². The second kappa shape index (κ2) is 12.7. The molecular weight excluding hydrogens is 505 g/mol. The molecule has 2 N–H and O–H groups in total. The van der Waals surface area contributed by atoms with Crippen molar-refractivity contribution in [3.63, 3.8) is 0 Å². The molecule has 1 unspecified atom stereocenters. The predicted molar refractivity (Wildman–Crippen MR) is 135 cm³/mol. The van der Waals surface area contributed by atoms with Crippen LogP contribution >= 0.6 is 24.0 Å². The van der Waals surface area contributed by atoms with Crippen molar-refractivity contribution in [3.05, 3.63) is 54.1 Å². The summed E-state index contributed by atoms with van der Waals surface area (Å²) >= 11 is 0. The molecule has 0 bridgehead atoms. The first-order chi connectivity index (χ1) is 14.6. The third kappa shape index (κ3) is 6.93. The lowest BCUT2D eigenvalue weighted by Crippen LogP contribution is -2.42. The maximum absolute atomic E-state index is 5.32.